The third-order valence-corrected chi connectivity index (χ3v) is 4.15. The summed E-state index contributed by atoms with van der Waals surface area (Å²) in [6.45, 7) is 0.648. The smallest absolute Gasteiger partial charge is 0.322 e. The molecule has 1 aliphatic rings. The summed E-state index contributed by atoms with van der Waals surface area (Å²) in [5.41, 5.74) is 1.19. The molecule has 2 aromatic rings. The highest BCUT2D eigenvalue weighted by molar-refractivity contribution is 5.89. The minimum atomic E-state index is -0.202. The Balaban J connectivity index is 1.62. The first-order valence-electron chi connectivity index (χ1n) is 8.16. The van der Waals surface area contributed by atoms with Gasteiger partial charge in [-0.15, -0.1) is 0 Å². The molecule has 0 aromatic heterocycles. The lowest BCUT2D eigenvalue weighted by molar-refractivity contribution is 0.166. The van der Waals surface area contributed by atoms with Gasteiger partial charge in [0.25, 0.3) is 0 Å². The Bertz CT molecular complexity index is 783. The van der Waals surface area contributed by atoms with Crippen molar-refractivity contribution in [3.05, 3.63) is 54.1 Å². The highest BCUT2D eigenvalue weighted by Crippen LogP contribution is 2.24. The van der Waals surface area contributed by atoms with Crippen LogP contribution in [0.5, 0.6) is 11.5 Å². The normalized spacial score (nSPS) is 16.3. The number of carbonyl (C=O) groups is 1. The van der Waals surface area contributed by atoms with Gasteiger partial charge in [0.05, 0.1) is 24.3 Å². The number of hydrogen-bond acceptors (Lipinski definition) is 4. The van der Waals surface area contributed by atoms with Gasteiger partial charge >= 0.3 is 6.03 Å². The topological polar surface area (TPSA) is 85.6 Å². The lowest BCUT2D eigenvalue weighted by Gasteiger charge is -2.23. The molecule has 0 saturated carbocycles. The summed E-state index contributed by atoms with van der Waals surface area (Å²) in [5.74, 6) is 1.20. The summed E-state index contributed by atoms with van der Waals surface area (Å²) in [4.78, 5) is 13.9. The van der Waals surface area contributed by atoms with E-state index in [0.717, 1.165) is 12.8 Å². The van der Waals surface area contributed by atoms with E-state index in [9.17, 15) is 9.90 Å². The number of amides is 2. The Morgan fingerprint density at radius 1 is 1.28 bits per heavy atom. The third-order valence-electron chi connectivity index (χ3n) is 4.15. The van der Waals surface area contributed by atoms with Crippen LogP contribution < -0.4 is 10.1 Å². The van der Waals surface area contributed by atoms with Crippen molar-refractivity contribution in [1.29, 1.82) is 5.26 Å². The van der Waals surface area contributed by atoms with Gasteiger partial charge in [-0.05, 0) is 55.3 Å². The largest absolute Gasteiger partial charge is 0.457 e. The molecule has 0 aliphatic carbocycles. The zero-order valence-electron chi connectivity index (χ0n) is 13.7. The second kappa shape index (κ2) is 7.69. The van der Waals surface area contributed by atoms with Crippen molar-refractivity contribution in [1.82, 2.24) is 4.90 Å². The quantitative estimate of drug-likeness (QED) is 0.896. The molecule has 128 valence electrons. The number of benzene rings is 2. The van der Waals surface area contributed by atoms with Crippen LogP contribution in [-0.2, 0) is 0 Å². The van der Waals surface area contributed by atoms with Gasteiger partial charge in [-0.25, -0.2) is 4.79 Å². The maximum absolute atomic E-state index is 12.3. The van der Waals surface area contributed by atoms with Gasteiger partial charge in [-0.3, -0.25) is 0 Å². The number of nitrogens with one attached hydrogen (secondary N) is 1. The minimum Gasteiger partial charge on any atom is -0.457 e. The zero-order valence-corrected chi connectivity index (χ0v) is 13.7. The number of likely N-dealkylation sites (tertiary alicyclic amines) is 1. The van der Waals surface area contributed by atoms with E-state index in [1.165, 1.54) is 0 Å². The second-order valence-electron chi connectivity index (χ2n) is 5.87. The van der Waals surface area contributed by atoms with Crippen LogP contribution in [0.2, 0.25) is 0 Å². The number of urea groups is 1. The molecule has 0 spiro atoms. The Kier molecular flexibility index (Phi) is 5.17. The van der Waals surface area contributed by atoms with Crippen molar-refractivity contribution >= 4 is 11.7 Å². The van der Waals surface area contributed by atoms with Gasteiger partial charge in [0, 0.05) is 12.2 Å². The summed E-state index contributed by atoms with van der Waals surface area (Å²) >= 11 is 0. The monoisotopic (exact) mass is 337 g/mol. The maximum Gasteiger partial charge on any atom is 0.322 e. The van der Waals surface area contributed by atoms with E-state index < -0.39 is 0 Å². The predicted octanol–water partition coefficient (Wildman–Crippen LogP) is 3.34. The summed E-state index contributed by atoms with van der Waals surface area (Å²) in [6, 6.07) is 15.7. The summed E-state index contributed by atoms with van der Waals surface area (Å²) in [6.07, 6.45) is 1.74. The summed E-state index contributed by atoms with van der Waals surface area (Å²) in [5, 5.41) is 21.1. The van der Waals surface area contributed by atoms with Crippen LogP contribution in [0, 0.1) is 11.3 Å². The van der Waals surface area contributed by atoms with E-state index >= 15 is 0 Å². The van der Waals surface area contributed by atoms with Crippen LogP contribution in [0.4, 0.5) is 10.5 Å². The third kappa shape index (κ3) is 4.08. The minimum absolute atomic E-state index is 0.0119. The number of aliphatic hydroxyl groups excluding tert-OH is 1. The fourth-order valence-electron chi connectivity index (χ4n) is 2.86. The molecule has 0 radical (unpaired) electrons. The predicted molar refractivity (Wildman–Crippen MR) is 93.5 cm³/mol. The number of aliphatic hydroxyl groups is 1. The van der Waals surface area contributed by atoms with Crippen molar-refractivity contribution in [2.45, 2.75) is 18.9 Å². The molecule has 0 unspecified atom stereocenters. The fourth-order valence-corrected chi connectivity index (χ4v) is 2.86. The van der Waals surface area contributed by atoms with E-state index in [4.69, 9.17) is 10.00 Å². The van der Waals surface area contributed by atoms with Gasteiger partial charge in [0.2, 0.25) is 0 Å². The molecule has 2 aromatic carbocycles. The Morgan fingerprint density at radius 3 is 2.80 bits per heavy atom. The van der Waals surface area contributed by atoms with Gasteiger partial charge in [0.15, 0.2) is 0 Å². The van der Waals surface area contributed by atoms with E-state index in [1.54, 1.807) is 53.4 Å². The molecule has 1 heterocycles. The number of carbonyl (C=O) groups excluding carboxylic acids is 1. The van der Waals surface area contributed by atoms with E-state index in [-0.39, 0.29) is 18.7 Å². The first kappa shape index (κ1) is 16.8. The van der Waals surface area contributed by atoms with Crippen LogP contribution in [-0.4, -0.2) is 35.2 Å². The molecule has 25 heavy (non-hydrogen) atoms. The number of nitriles is 1. The zero-order chi connectivity index (χ0) is 17.6. The standard InChI is InChI=1S/C19H19N3O3/c20-12-14-3-1-5-18(11-14)25-17-8-6-15(7-9-17)21-19(24)22-10-2-4-16(22)13-23/h1,3,5-9,11,16,23H,2,4,10,13H2,(H,21,24)/t16-/m1/s1. The first-order chi connectivity index (χ1) is 12.2. The Hall–Kier alpha value is -3.04. The molecule has 6 heteroatoms. The van der Waals surface area contributed by atoms with E-state index in [0.29, 0.717) is 29.3 Å². The molecular formula is C19H19N3O3. The molecule has 2 N–H and O–H groups in total. The summed E-state index contributed by atoms with van der Waals surface area (Å²) in [7, 11) is 0. The van der Waals surface area contributed by atoms with Crippen LogP contribution in [0.1, 0.15) is 18.4 Å². The molecule has 2 amide bonds. The van der Waals surface area contributed by atoms with Crippen molar-refractivity contribution in [3.8, 4) is 17.6 Å². The molecule has 6 nitrogen and oxygen atoms in total. The molecule has 1 atom stereocenters. The molecular weight excluding hydrogens is 318 g/mol. The molecule has 1 fully saturated rings. The molecule has 0 bridgehead atoms. The number of rotatable bonds is 4. The number of anilines is 1. The van der Waals surface area contributed by atoms with Gasteiger partial charge in [-0.1, -0.05) is 6.07 Å². The van der Waals surface area contributed by atoms with E-state index in [1.807, 2.05) is 0 Å². The van der Waals surface area contributed by atoms with Crippen LogP contribution in [0.25, 0.3) is 0 Å². The van der Waals surface area contributed by atoms with Crippen LogP contribution in [0.3, 0.4) is 0 Å². The van der Waals surface area contributed by atoms with E-state index in [2.05, 4.69) is 11.4 Å². The summed E-state index contributed by atoms with van der Waals surface area (Å²) < 4.78 is 5.71. The second-order valence-corrected chi connectivity index (χ2v) is 5.87. The van der Waals surface area contributed by atoms with Gasteiger partial charge in [-0.2, -0.15) is 5.26 Å². The lowest BCUT2D eigenvalue weighted by Crippen LogP contribution is -2.40. The Labute approximate surface area is 146 Å². The fraction of sp³-hybridized carbons (Fsp3) is 0.263. The van der Waals surface area contributed by atoms with Crippen molar-refractivity contribution in [2.75, 3.05) is 18.5 Å². The van der Waals surface area contributed by atoms with Crippen molar-refractivity contribution in [3.63, 3.8) is 0 Å². The number of ether oxygens (including phenoxy) is 1. The highest BCUT2D eigenvalue weighted by Gasteiger charge is 2.27. The van der Waals surface area contributed by atoms with Crippen LogP contribution in [0.15, 0.2) is 48.5 Å². The average molecular weight is 337 g/mol. The SMILES string of the molecule is N#Cc1cccc(Oc2ccc(NC(=O)N3CCC[C@@H]3CO)cc2)c1. The number of hydrogen-bond donors (Lipinski definition) is 2. The average Bonchev–Trinajstić information content (AvgIpc) is 3.12. The maximum atomic E-state index is 12.3. The molecule has 1 aliphatic heterocycles. The Morgan fingerprint density at radius 2 is 2.08 bits per heavy atom. The van der Waals surface area contributed by atoms with Gasteiger partial charge < -0.3 is 20.1 Å². The highest BCUT2D eigenvalue weighted by atomic mass is 16.5. The first-order valence-corrected chi connectivity index (χ1v) is 8.16. The molecule has 1 saturated heterocycles. The number of nitrogens with zero attached hydrogens (tertiary/aromatic N) is 2. The van der Waals surface area contributed by atoms with Crippen LogP contribution >= 0.6 is 0 Å². The molecule has 3 rings (SSSR count). The lowest BCUT2D eigenvalue weighted by atomic mass is 10.2. The van der Waals surface area contributed by atoms with Gasteiger partial charge in [0.1, 0.15) is 11.5 Å². The van der Waals surface area contributed by atoms with Crippen molar-refractivity contribution < 1.29 is 14.6 Å². The van der Waals surface area contributed by atoms with Crippen molar-refractivity contribution in [2.24, 2.45) is 0 Å².